The maximum atomic E-state index is 11.0. The Morgan fingerprint density at radius 3 is 2.57 bits per heavy atom. The quantitative estimate of drug-likeness (QED) is 0.596. The summed E-state index contributed by atoms with van der Waals surface area (Å²) in [5, 5.41) is 24.9. The van der Waals surface area contributed by atoms with Crippen LogP contribution < -0.4 is 15.2 Å². The predicted molar refractivity (Wildman–Crippen MR) is 136 cm³/mol. The van der Waals surface area contributed by atoms with Gasteiger partial charge in [-0.3, -0.25) is 4.90 Å². The zero-order valence-corrected chi connectivity index (χ0v) is 19.6. The average Bonchev–Trinajstić information content (AvgIpc) is 3.33. The van der Waals surface area contributed by atoms with Gasteiger partial charge in [0.15, 0.2) is 0 Å². The normalized spacial score (nSPS) is 18.9. The summed E-state index contributed by atoms with van der Waals surface area (Å²) in [4.78, 5) is 2.44. The third-order valence-electron chi connectivity index (χ3n) is 7.14. The van der Waals surface area contributed by atoms with Crippen molar-refractivity contribution in [2.75, 3.05) is 26.2 Å². The summed E-state index contributed by atoms with van der Waals surface area (Å²) in [5.74, 6) is 1.22. The number of rotatable bonds is 5. The molecule has 6 rings (SSSR count). The number of phenols is 1. The van der Waals surface area contributed by atoms with Crippen molar-refractivity contribution in [3.8, 4) is 11.5 Å². The molecule has 5 heteroatoms. The lowest BCUT2D eigenvalue weighted by atomic mass is 9.96. The Kier molecular flexibility index (Phi) is 5.80. The van der Waals surface area contributed by atoms with Gasteiger partial charge in [-0.25, -0.2) is 0 Å². The van der Waals surface area contributed by atoms with Crippen LogP contribution in [0.15, 0.2) is 60.4 Å². The second kappa shape index (κ2) is 9.25. The van der Waals surface area contributed by atoms with Gasteiger partial charge in [0.25, 0.3) is 0 Å². The molecule has 0 radical (unpaired) electrons. The van der Waals surface area contributed by atoms with Gasteiger partial charge in [0, 0.05) is 11.8 Å². The number of hydrogen-bond donors (Lipinski definition) is 2. The zero-order valence-electron chi connectivity index (χ0n) is 19.6. The van der Waals surface area contributed by atoms with Gasteiger partial charge in [0.05, 0.1) is 6.61 Å². The number of aliphatic hydroxyl groups excluding tert-OH is 1. The number of ether oxygens (including phenoxy) is 2. The average molecular weight is 468 g/mol. The van der Waals surface area contributed by atoms with E-state index in [4.69, 9.17) is 9.47 Å². The number of phenolic OH excluding ortho intramolecular Hbond substituents is 1. The molecule has 5 nitrogen and oxygen atoms in total. The highest BCUT2D eigenvalue weighted by molar-refractivity contribution is 5.68. The van der Waals surface area contributed by atoms with Gasteiger partial charge in [-0.05, 0) is 94.7 Å². The summed E-state index contributed by atoms with van der Waals surface area (Å²) >= 11 is 0. The van der Waals surface area contributed by atoms with Gasteiger partial charge in [-0.15, -0.1) is 0 Å². The van der Waals surface area contributed by atoms with Crippen molar-refractivity contribution in [2.24, 2.45) is 0 Å². The lowest BCUT2D eigenvalue weighted by Crippen LogP contribution is -2.25. The largest absolute Gasteiger partial charge is 0.508 e. The second-order valence-corrected chi connectivity index (χ2v) is 9.42. The van der Waals surface area contributed by atoms with Gasteiger partial charge in [-0.2, -0.15) is 0 Å². The topological polar surface area (TPSA) is 62.2 Å². The Balaban J connectivity index is 1.31. The van der Waals surface area contributed by atoms with Gasteiger partial charge < -0.3 is 19.7 Å². The monoisotopic (exact) mass is 467 g/mol. The molecule has 3 aromatic rings. The third-order valence-corrected chi connectivity index (χ3v) is 7.14. The molecule has 0 aromatic heterocycles. The molecule has 1 fully saturated rings. The maximum Gasteiger partial charge on any atom is 0.124 e. The number of likely N-dealkylation sites (tertiary alicyclic amines) is 1. The third kappa shape index (κ3) is 4.33. The smallest absolute Gasteiger partial charge is 0.124 e. The minimum absolute atomic E-state index is 0.159. The minimum Gasteiger partial charge on any atom is -0.508 e. The van der Waals surface area contributed by atoms with Crippen LogP contribution in [0, 0.1) is 10.4 Å². The van der Waals surface area contributed by atoms with Crippen LogP contribution in [0.4, 0.5) is 0 Å². The number of fused-ring (bicyclic) bond motifs is 4. The van der Waals surface area contributed by atoms with Crippen molar-refractivity contribution in [3.63, 3.8) is 0 Å². The van der Waals surface area contributed by atoms with Gasteiger partial charge >= 0.3 is 0 Å². The number of hydrogen-bond acceptors (Lipinski definition) is 5. The Hall–Kier alpha value is -3.54. The fourth-order valence-electron chi connectivity index (χ4n) is 5.33. The molecule has 3 aromatic carbocycles. The van der Waals surface area contributed by atoms with Crippen molar-refractivity contribution in [3.05, 3.63) is 97.9 Å². The molecule has 2 heterocycles. The second-order valence-electron chi connectivity index (χ2n) is 9.42. The first kappa shape index (κ1) is 22.0. The standard InChI is InChI=1S/C30H29NO4/c32-23-15-21-5-1-2-6-25(21)30-26(18-23)27-19-35-29(17-22(27)16-28(30)33)20-7-9-24(10-8-20)34-14-13-31-11-3-4-12-31/h1-2,5-10,15-18,29,32-33H,3-4,11-14,19H2. The van der Waals surface area contributed by atoms with Gasteiger partial charge in [0.2, 0.25) is 0 Å². The Labute approximate surface area is 204 Å². The number of nitrogens with zero attached hydrogens (tertiary/aromatic N) is 1. The molecule has 1 atom stereocenters. The molecule has 1 unspecified atom stereocenters. The van der Waals surface area contributed by atoms with Crippen molar-refractivity contribution < 1.29 is 19.7 Å². The van der Waals surface area contributed by atoms with E-state index in [0.29, 0.717) is 13.2 Å². The maximum absolute atomic E-state index is 11.0. The van der Waals surface area contributed by atoms with Crippen LogP contribution in [0.25, 0.3) is 18.2 Å². The van der Waals surface area contributed by atoms with E-state index in [1.54, 1.807) is 12.2 Å². The molecule has 2 N–H and O–H groups in total. The van der Waals surface area contributed by atoms with Crippen molar-refractivity contribution >= 4 is 18.2 Å². The summed E-state index contributed by atoms with van der Waals surface area (Å²) < 4.78 is 12.2. The summed E-state index contributed by atoms with van der Waals surface area (Å²) in [6.45, 7) is 4.41. The van der Waals surface area contributed by atoms with Crippen LogP contribution in [0.5, 0.6) is 11.5 Å². The molecule has 0 saturated carbocycles. The molecule has 3 aliphatic rings. The van der Waals surface area contributed by atoms with Crippen molar-refractivity contribution in [1.82, 2.24) is 4.90 Å². The first-order valence-electron chi connectivity index (χ1n) is 12.3. The molecule has 1 saturated heterocycles. The Morgan fingerprint density at radius 2 is 1.74 bits per heavy atom. The summed E-state index contributed by atoms with van der Waals surface area (Å²) in [5.41, 5.74) is 2.80. The molecular formula is C30H29NO4. The van der Waals surface area contributed by atoms with Gasteiger partial charge in [-0.1, -0.05) is 36.4 Å². The fraction of sp³-hybridized carbons (Fsp3) is 0.267. The van der Waals surface area contributed by atoms with E-state index in [2.05, 4.69) is 4.90 Å². The zero-order chi connectivity index (χ0) is 23.8. The van der Waals surface area contributed by atoms with Crippen molar-refractivity contribution in [2.45, 2.75) is 25.6 Å². The van der Waals surface area contributed by atoms with E-state index in [-0.39, 0.29) is 17.6 Å². The van der Waals surface area contributed by atoms with E-state index in [1.807, 2.05) is 60.7 Å². The molecule has 0 spiro atoms. The first-order chi connectivity index (χ1) is 17.2. The highest BCUT2D eigenvalue weighted by atomic mass is 16.5. The number of aliphatic hydroxyl groups is 1. The summed E-state index contributed by atoms with van der Waals surface area (Å²) in [6.07, 6.45) is 7.85. The van der Waals surface area contributed by atoms with Crippen LogP contribution in [-0.2, 0) is 11.3 Å². The lowest BCUT2D eigenvalue weighted by Gasteiger charge is -2.22. The van der Waals surface area contributed by atoms with E-state index in [1.165, 1.54) is 25.9 Å². The van der Waals surface area contributed by atoms with Crippen LogP contribution in [0.1, 0.15) is 35.6 Å². The molecule has 35 heavy (non-hydrogen) atoms. The molecule has 2 aliphatic heterocycles. The predicted octanol–water partition coefficient (Wildman–Crippen LogP) is 3.90. The van der Waals surface area contributed by atoms with Crippen LogP contribution in [-0.4, -0.2) is 41.4 Å². The van der Waals surface area contributed by atoms with E-state index < -0.39 is 0 Å². The van der Waals surface area contributed by atoms with E-state index in [0.717, 1.165) is 49.9 Å². The molecule has 1 aliphatic carbocycles. The van der Waals surface area contributed by atoms with Crippen LogP contribution in [0.3, 0.4) is 0 Å². The molecule has 0 bridgehead atoms. The highest BCUT2D eigenvalue weighted by Gasteiger charge is 2.20. The minimum atomic E-state index is -0.221. The first-order valence-corrected chi connectivity index (χ1v) is 12.3. The van der Waals surface area contributed by atoms with Crippen LogP contribution in [0.2, 0.25) is 0 Å². The number of allylic oxidation sites excluding steroid dienone is 1. The van der Waals surface area contributed by atoms with E-state index in [9.17, 15) is 10.2 Å². The van der Waals surface area contributed by atoms with Crippen LogP contribution >= 0.6 is 0 Å². The highest BCUT2D eigenvalue weighted by Crippen LogP contribution is 2.29. The fourth-order valence-corrected chi connectivity index (χ4v) is 5.33. The SMILES string of the molecule is OC1=Cc2c3c(cc(O)c2=c2ccccc2=C1)=CC(c1ccc(OCCN2CCCC2)cc1)OC3. The number of aromatic hydroxyl groups is 1. The summed E-state index contributed by atoms with van der Waals surface area (Å²) in [7, 11) is 0. The number of benzene rings is 3. The molecule has 0 amide bonds. The Morgan fingerprint density at radius 1 is 0.943 bits per heavy atom. The van der Waals surface area contributed by atoms with Gasteiger partial charge in [0.1, 0.15) is 30.0 Å². The molecule has 178 valence electrons. The Bertz CT molecular complexity index is 1500. The summed E-state index contributed by atoms with van der Waals surface area (Å²) in [6, 6.07) is 17.6. The van der Waals surface area contributed by atoms with Crippen molar-refractivity contribution in [1.29, 1.82) is 0 Å². The molecular weight excluding hydrogens is 438 g/mol. The lowest BCUT2D eigenvalue weighted by molar-refractivity contribution is 0.0757. The van der Waals surface area contributed by atoms with E-state index >= 15 is 0 Å².